The molecule has 1 saturated carbocycles. The van der Waals surface area contributed by atoms with Gasteiger partial charge in [-0.2, -0.15) is 0 Å². The molecule has 1 aromatic rings. The summed E-state index contributed by atoms with van der Waals surface area (Å²) < 4.78 is 1.80. The van der Waals surface area contributed by atoms with Gasteiger partial charge in [0, 0.05) is 44.6 Å². The average Bonchev–Trinajstić information content (AvgIpc) is 3.22. The number of carbonyl (C=O) groups excluding carboxylic acids is 2. The van der Waals surface area contributed by atoms with Gasteiger partial charge < -0.3 is 9.80 Å². The molecular formula is C20H30N6O2. The molecule has 0 aromatic carbocycles. The summed E-state index contributed by atoms with van der Waals surface area (Å²) in [5.41, 5.74) is 0. The summed E-state index contributed by atoms with van der Waals surface area (Å²) in [6.07, 6.45) is 9.81. The van der Waals surface area contributed by atoms with Gasteiger partial charge in [-0.3, -0.25) is 9.59 Å². The van der Waals surface area contributed by atoms with Crippen LogP contribution in [0.15, 0.2) is 6.33 Å². The van der Waals surface area contributed by atoms with Crippen molar-refractivity contribution < 1.29 is 9.59 Å². The second-order valence-corrected chi connectivity index (χ2v) is 9.36. The number of amides is 2. The molecule has 0 radical (unpaired) electrons. The Morgan fingerprint density at radius 1 is 1.11 bits per heavy atom. The molecule has 152 valence electrons. The molecule has 3 aliphatic heterocycles. The van der Waals surface area contributed by atoms with Crippen LogP contribution in [-0.4, -0.2) is 67.5 Å². The molecule has 4 heterocycles. The van der Waals surface area contributed by atoms with Crippen molar-refractivity contribution in [2.24, 2.45) is 23.7 Å². The summed E-state index contributed by atoms with van der Waals surface area (Å²) >= 11 is 0. The number of fused-ring (bicyclic) bond motifs is 4. The number of nitrogens with zero attached hydrogens (tertiary/aromatic N) is 6. The van der Waals surface area contributed by atoms with Crippen molar-refractivity contribution in [2.75, 3.05) is 19.6 Å². The van der Waals surface area contributed by atoms with Gasteiger partial charge in [0.2, 0.25) is 11.8 Å². The lowest BCUT2D eigenvalue weighted by atomic mass is 9.75. The third kappa shape index (κ3) is 3.42. The summed E-state index contributed by atoms with van der Waals surface area (Å²) in [7, 11) is 0. The Kier molecular flexibility index (Phi) is 4.80. The number of piperidine rings is 3. The summed E-state index contributed by atoms with van der Waals surface area (Å²) in [5.74, 6) is 2.40. The number of tetrazole rings is 1. The molecule has 3 saturated heterocycles. The highest BCUT2D eigenvalue weighted by Gasteiger charge is 2.45. The average molecular weight is 387 g/mol. The molecule has 2 amide bonds. The Balaban J connectivity index is 1.17. The van der Waals surface area contributed by atoms with Crippen LogP contribution >= 0.6 is 0 Å². The standard InChI is InChI=1S/C20H30N6O2/c27-19-3-1-2-18-17-8-15(11-26(18)19)9-24(12-17)20(28)16-6-4-14(5-7-16)10-25-13-21-22-23-25/h13-18H,1-12H2. The highest BCUT2D eigenvalue weighted by molar-refractivity contribution is 5.79. The van der Waals surface area contributed by atoms with E-state index in [4.69, 9.17) is 0 Å². The molecule has 8 heteroatoms. The molecule has 4 fully saturated rings. The van der Waals surface area contributed by atoms with Crippen LogP contribution in [0.1, 0.15) is 51.4 Å². The van der Waals surface area contributed by atoms with Gasteiger partial charge in [-0.25, -0.2) is 4.68 Å². The van der Waals surface area contributed by atoms with E-state index in [0.717, 1.165) is 64.7 Å². The Hall–Kier alpha value is -1.99. The van der Waals surface area contributed by atoms with E-state index in [1.165, 1.54) is 6.42 Å². The summed E-state index contributed by atoms with van der Waals surface area (Å²) in [4.78, 5) is 29.8. The van der Waals surface area contributed by atoms with Crippen LogP contribution in [-0.2, 0) is 16.1 Å². The number of hydrogen-bond acceptors (Lipinski definition) is 5. The van der Waals surface area contributed by atoms with Gasteiger partial charge >= 0.3 is 0 Å². The lowest BCUT2D eigenvalue weighted by Crippen LogP contribution is -2.61. The van der Waals surface area contributed by atoms with Crippen molar-refractivity contribution in [3.63, 3.8) is 0 Å². The number of likely N-dealkylation sites (tertiary alicyclic amines) is 1. The number of aromatic nitrogens is 4. The SMILES string of the molecule is O=C(C1CCC(Cn2cnnn2)CC1)N1CC2CC(C1)C1CCCC(=O)N1C2. The molecule has 2 bridgehead atoms. The molecule has 1 aromatic heterocycles. The highest BCUT2D eigenvalue weighted by atomic mass is 16.2. The summed E-state index contributed by atoms with van der Waals surface area (Å²) in [6.45, 7) is 3.42. The lowest BCUT2D eigenvalue weighted by Gasteiger charge is -2.52. The maximum absolute atomic E-state index is 13.2. The number of carbonyl (C=O) groups is 2. The molecule has 3 atom stereocenters. The predicted octanol–water partition coefficient (Wildman–Crippen LogP) is 1.34. The first kappa shape index (κ1) is 18.1. The van der Waals surface area contributed by atoms with E-state index >= 15 is 0 Å². The molecule has 8 nitrogen and oxygen atoms in total. The fourth-order valence-corrected chi connectivity index (χ4v) is 6.17. The van der Waals surface area contributed by atoms with Gasteiger partial charge in [0.05, 0.1) is 0 Å². The minimum atomic E-state index is 0.174. The van der Waals surface area contributed by atoms with Crippen LogP contribution in [0.4, 0.5) is 0 Å². The molecule has 0 spiro atoms. The van der Waals surface area contributed by atoms with Crippen LogP contribution in [0, 0.1) is 23.7 Å². The van der Waals surface area contributed by atoms with Crippen molar-refractivity contribution >= 4 is 11.8 Å². The van der Waals surface area contributed by atoms with Crippen molar-refractivity contribution in [2.45, 2.75) is 64.0 Å². The van der Waals surface area contributed by atoms with Gasteiger partial charge in [-0.15, -0.1) is 5.10 Å². The third-order valence-electron chi connectivity index (χ3n) is 7.52. The molecule has 3 unspecified atom stereocenters. The Morgan fingerprint density at radius 3 is 2.75 bits per heavy atom. The first-order valence-electron chi connectivity index (χ1n) is 11.0. The van der Waals surface area contributed by atoms with Crippen LogP contribution in [0.5, 0.6) is 0 Å². The fourth-order valence-electron chi connectivity index (χ4n) is 6.17. The summed E-state index contributed by atoms with van der Waals surface area (Å²) in [6, 6.07) is 0.375. The van der Waals surface area contributed by atoms with Crippen molar-refractivity contribution in [1.29, 1.82) is 0 Å². The largest absolute Gasteiger partial charge is 0.342 e. The van der Waals surface area contributed by atoms with Crippen molar-refractivity contribution in [3.05, 3.63) is 6.33 Å². The maximum atomic E-state index is 13.2. The minimum absolute atomic E-state index is 0.174. The van der Waals surface area contributed by atoms with Crippen LogP contribution in [0.3, 0.4) is 0 Å². The zero-order valence-electron chi connectivity index (χ0n) is 16.4. The predicted molar refractivity (Wildman–Crippen MR) is 101 cm³/mol. The topological polar surface area (TPSA) is 84.2 Å². The normalized spacial score (nSPS) is 35.6. The van der Waals surface area contributed by atoms with Crippen molar-refractivity contribution in [3.8, 4) is 0 Å². The Bertz CT molecular complexity index is 714. The molecule has 1 aliphatic carbocycles. The zero-order valence-corrected chi connectivity index (χ0v) is 16.4. The first-order valence-corrected chi connectivity index (χ1v) is 11.0. The van der Waals surface area contributed by atoms with Gasteiger partial charge in [0.15, 0.2) is 0 Å². The third-order valence-corrected chi connectivity index (χ3v) is 7.52. The quantitative estimate of drug-likeness (QED) is 0.783. The van der Waals surface area contributed by atoms with Crippen LogP contribution < -0.4 is 0 Å². The highest BCUT2D eigenvalue weighted by Crippen LogP contribution is 2.39. The molecule has 0 N–H and O–H groups in total. The van der Waals surface area contributed by atoms with E-state index in [9.17, 15) is 9.59 Å². The Morgan fingerprint density at radius 2 is 1.96 bits per heavy atom. The van der Waals surface area contributed by atoms with Crippen molar-refractivity contribution in [1.82, 2.24) is 30.0 Å². The number of hydrogen-bond donors (Lipinski definition) is 0. The molecule has 4 aliphatic rings. The summed E-state index contributed by atoms with van der Waals surface area (Å²) in [5, 5.41) is 11.4. The van der Waals surface area contributed by atoms with E-state index in [1.54, 1.807) is 11.0 Å². The van der Waals surface area contributed by atoms with E-state index in [2.05, 4.69) is 25.3 Å². The van der Waals surface area contributed by atoms with E-state index in [1.807, 2.05) is 0 Å². The molecule has 5 rings (SSSR count). The Labute approximate surface area is 165 Å². The van der Waals surface area contributed by atoms with Crippen LogP contribution in [0.2, 0.25) is 0 Å². The second-order valence-electron chi connectivity index (χ2n) is 9.36. The first-order chi connectivity index (χ1) is 13.7. The van der Waals surface area contributed by atoms with Gasteiger partial charge in [-0.05, 0) is 73.1 Å². The minimum Gasteiger partial charge on any atom is -0.342 e. The van der Waals surface area contributed by atoms with E-state index in [0.29, 0.717) is 42.0 Å². The fraction of sp³-hybridized carbons (Fsp3) is 0.850. The smallest absolute Gasteiger partial charge is 0.225 e. The van der Waals surface area contributed by atoms with E-state index < -0.39 is 0 Å². The van der Waals surface area contributed by atoms with Gasteiger partial charge in [0.1, 0.15) is 6.33 Å². The number of rotatable bonds is 3. The molecule has 28 heavy (non-hydrogen) atoms. The van der Waals surface area contributed by atoms with Gasteiger partial charge in [-0.1, -0.05) is 0 Å². The zero-order chi connectivity index (χ0) is 19.1. The monoisotopic (exact) mass is 386 g/mol. The second kappa shape index (κ2) is 7.44. The lowest BCUT2D eigenvalue weighted by molar-refractivity contribution is -0.151. The van der Waals surface area contributed by atoms with Crippen LogP contribution in [0.25, 0.3) is 0 Å². The van der Waals surface area contributed by atoms with E-state index in [-0.39, 0.29) is 5.92 Å². The maximum Gasteiger partial charge on any atom is 0.225 e. The molecular weight excluding hydrogens is 356 g/mol. The van der Waals surface area contributed by atoms with Gasteiger partial charge in [0.25, 0.3) is 0 Å².